The summed E-state index contributed by atoms with van der Waals surface area (Å²) in [6.45, 7) is 0. The third kappa shape index (κ3) is 49.3. The van der Waals surface area contributed by atoms with Crippen molar-refractivity contribution < 1.29 is 70.3 Å². The summed E-state index contributed by atoms with van der Waals surface area (Å²) in [5, 5.41) is 0. The van der Waals surface area contributed by atoms with Crippen LogP contribution in [0.2, 0.25) is 0 Å². The topological polar surface area (TPSA) is 74.6 Å². The van der Waals surface area contributed by atoms with E-state index in [4.69, 9.17) is 17.5 Å². The predicted molar refractivity (Wildman–Crippen MR) is 15.3 cm³/mol. The fourth-order valence-electron chi connectivity index (χ4n) is 0. The van der Waals surface area contributed by atoms with Crippen molar-refractivity contribution in [2.75, 3.05) is 0 Å². The van der Waals surface area contributed by atoms with E-state index in [0.29, 0.717) is 0 Å². The van der Waals surface area contributed by atoms with E-state index >= 15 is 0 Å². The van der Waals surface area contributed by atoms with Crippen LogP contribution < -0.4 is 51.4 Å². The monoisotopic (exact) mass is 138 g/mol. The minimum atomic E-state index is -4.67. The van der Waals surface area contributed by atoms with Gasteiger partial charge in [-0.05, 0) is 0 Å². The Kier molecular flexibility index (Phi) is 6.12. The first-order valence-electron chi connectivity index (χ1n) is 0.698. The molecule has 6 heavy (non-hydrogen) atoms. The Balaban J connectivity index is -0.0000000800. The molecule has 0 saturated carbocycles. The Labute approximate surface area is 79.4 Å². The van der Waals surface area contributed by atoms with Crippen LogP contribution in [-0.4, -0.2) is 17.5 Å². The SMILES string of the molecule is O=S(=O)(O)O.[H-].[K+]. The standard InChI is InChI=1S/K.H2O4S.H/c;1-5(2,3)4;/h;(H2,1,2,3,4);/q+1;;-1. The average Bonchev–Trinajstić information content (AvgIpc) is 0.722. The van der Waals surface area contributed by atoms with Crippen molar-refractivity contribution in [3.05, 3.63) is 0 Å². The molecular weight excluding hydrogens is 135 g/mol. The van der Waals surface area contributed by atoms with Gasteiger partial charge in [0.05, 0.1) is 0 Å². The molecule has 0 aromatic heterocycles. The van der Waals surface area contributed by atoms with Gasteiger partial charge in [0.25, 0.3) is 0 Å². The Morgan fingerprint density at radius 1 is 1.33 bits per heavy atom. The summed E-state index contributed by atoms with van der Waals surface area (Å²) < 4.78 is 31.6. The molecule has 0 aliphatic rings. The molecule has 0 radical (unpaired) electrons. The molecule has 0 aromatic carbocycles. The maximum Gasteiger partial charge on any atom is 1.00 e. The molecule has 0 fully saturated rings. The Morgan fingerprint density at radius 2 is 1.33 bits per heavy atom. The van der Waals surface area contributed by atoms with Crippen LogP contribution in [0.4, 0.5) is 0 Å². The molecule has 2 N–H and O–H groups in total. The second-order valence-corrected chi connectivity index (χ2v) is 1.34. The zero-order valence-corrected chi connectivity index (χ0v) is 7.06. The molecule has 0 spiro atoms. The minimum Gasteiger partial charge on any atom is -1.00 e. The number of rotatable bonds is 0. The molecule has 0 saturated heterocycles. The molecule has 0 bridgehead atoms. The average molecular weight is 138 g/mol. The first kappa shape index (κ1) is 10.5. The van der Waals surface area contributed by atoms with Crippen LogP contribution in [0.5, 0.6) is 0 Å². The third-order valence-corrected chi connectivity index (χ3v) is 0. The Morgan fingerprint density at radius 3 is 1.33 bits per heavy atom. The normalized spacial score (nSPS) is 9.67. The van der Waals surface area contributed by atoms with E-state index in [9.17, 15) is 0 Å². The molecule has 6 heteroatoms. The van der Waals surface area contributed by atoms with Gasteiger partial charge in [0.15, 0.2) is 0 Å². The van der Waals surface area contributed by atoms with E-state index < -0.39 is 10.4 Å². The van der Waals surface area contributed by atoms with Crippen LogP contribution in [-0.2, 0) is 10.4 Å². The fourth-order valence-corrected chi connectivity index (χ4v) is 0. The zero-order chi connectivity index (χ0) is 4.50. The largest absolute Gasteiger partial charge is 1.00 e. The van der Waals surface area contributed by atoms with Gasteiger partial charge in [0, 0.05) is 0 Å². The molecule has 4 nitrogen and oxygen atoms in total. The van der Waals surface area contributed by atoms with Gasteiger partial charge < -0.3 is 1.43 Å². The van der Waals surface area contributed by atoms with Crippen LogP contribution in [0.1, 0.15) is 1.43 Å². The van der Waals surface area contributed by atoms with Crippen LogP contribution in [0.3, 0.4) is 0 Å². The van der Waals surface area contributed by atoms with Gasteiger partial charge in [-0.1, -0.05) is 0 Å². The minimum absolute atomic E-state index is 0. The van der Waals surface area contributed by atoms with Crippen molar-refractivity contribution in [1.82, 2.24) is 0 Å². The maximum atomic E-state index is 8.74. The number of hydrogen-bond acceptors (Lipinski definition) is 2. The third-order valence-electron chi connectivity index (χ3n) is 0. The molecule has 0 unspecified atom stereocenters. The van der Waals surface area contributed by atoms with Gasteiger partial charge in [0.1, 0.15) is 0 Å². The number of hydrogen-bond donors (Lipinski definition) is 2. The van der Waals surface area contributed by atoms with Gasteiger partial charge in [0.2, 0.25) is 0 Å². The van der Waals surface area contributed by atoms with E-state index in [1.165, 1.54) is 0 Å². The van der Waals surface area contributed by atoms with Gasteiger partial charge in [-0.2, -0.15) is 8.42 Å². The Bertz CT molecular complexity index is 94.9. The summed E-state index contributed by atoms with van der Waals surface area (Å²) in [5.41, 5.74) is 0. The van der Waals surface area contributed by atoms with Crippen molar-refractivity contribution in [2.24, 2.45) is 0 Å². The van der Waals surface area contributed by atoms with E-state index in [-0.39, 0.29) is 52.8 Å². The van der Waals surface area contributed by atoms with Gasteiger partial charge in [-0.25, -0.2) is 0 Å². The van der Waals surface area contributed by atoms with E-state index in [2.05, 4.69) is 0 Å². The molecule has 0 amide bonds. The summed E-state index contributed by atoms with van der Waals surface area (Å²) in [7, 11) is -4.67. The predicted octanol–water partition coefficient (Wildman–Crippen LogP) is -3.54. The first-order valence-corrected chi connectivity index (χ1v) is 2.10. The summed E-state index contributed by atoms with van der Waals surface area (Å²) >= 11 is 0. The second kappa shape index (κ2) is 3.50. The molecule has 0 heterocycles. The molecule has 0 aromatic rings. The van der Waals surface area contributed by atoms with Crippen molar-refractivity contribution in [3.63, 3.8) is 0 Å². The summed E-state index contributed by atoms with van der Waals surface area (Å²) in [4.78, 5) is 0. The van der Waals surface area contributed by atoms with Gasteiger partial charge in [-0.15, -0.1) is 0 Å². The van der Waals surface area contributed by atoms with E-state index in [1.807, 2.05) is 0 Å². The summed E-state index contributed by atoms with van der Waals surface area (Å²) in [5.74, 6) is 0. The summed E-state index contributed by atoms with van der Waals surface area (Å²) in [6.07, 6.45) is 0. The van der Waals surface area contributed by atoms with Gasteiger partial charge >= 0.3 is 61.8 Å². The smallest absolute Gasteiger partial charge is 1.00 e. The van der Waals surface area contributed by atoms with Crippen molar-refractivity contribution in [2.45, 2.75) is 0 Å². The molecule has 0 atom stereocenters. The van der Waals surface area contributed by atoms with Crippen LogP contribution >= 0.6 is 0 Å². The first-order chi connectivity index (χ1) is 2.00. The van der Waals surface area contributed by atoms with E-state index in [0.717, 1.165) is 0 Å². The summed E-state index contributed by atoms with van der Waals surface area (Å²) in [6, 6.07) is 0. The quantitative estimate of drug-likeness (QED) is 0.268. The van der Waals surface area contributed by atoms with Crippen molar-refractivity contribution in [3.8, 4) is 0 Å². The van der Waals surface area contributed by atoms with Crippen LogP contribution in [0.15, 0.2) is 0 Å². The molecular formula is H3KO4S. The maximum absolute atomic E-state index is 8.74. The van der Waals surface area contributed by atoms with Crippen LogP contribution in [0.25, 0.3) is 0 Å². The molecule has 0 rings (SSSR count). The molecule has 0 aliphatic heterocycles. The van der Waals surface area contributed by atoms with Gasteiger partial charge in [-0.3, -0.25) is 9.11 Å². The molecule has 0 aliphatic carbocycles. The van der Waals surface area contributed by atoms with Crippen molar-refractivity contribution >= 4 is 10.4 Å². The Hall–Kier alpha value is 1.51. The van der Waals surface area contributed by atoms with Crippen LogP contribution in [0, 0.1) is 0 Å². The van der Waals surface area contributed by atoms with E-state index in [1.54, 1.807) is 0 Å². The second-order valence-electron chi connectivity index (χ2n) is 0.448. The fraction of sp³-hybridized carbons (Fsp3) is 0. The van der Waals surface area contributed by atoms with Crippen molar-refractivity contribution in [1.29, 1.82) is 0 Å². The molecule has 34 valence electrons. The zero-order valence-electron chi connectivity index (χ0n) is 4.12.